The molecular formula is C23H48N2. The van der Waals surface area contributed by atoms with Crippen LogP contribution in [0.2, 0.25) is 0 Å². The number of nitrogens with zero attached hydrogens (tertiary/aromatic N) is 1. The lowest BCUT2D eigenvalue weighted by molar-refractivity contribution is 0.0764. The Kier molecular flexibility index (Phi) is 12.9. The molecule has 1 aliphatic heterocycles. The topological polar surface area (TPSA) is 15.3 Å². The molecule has 2 heteroatoms. The number of hydrogen-bond acceptors (Lipinski definition) is 2. The van der Waals surface area contributed by atoms with E-state index in [1.165, 1.54) is 110 Å². The molecule has 1 N–H and O–H groups in total. The summed E-state index contributed by atoms with van der Waals surface area (Å²) in [6, 6.07) is 0.712. The first-order valence-electron chi connectivity index (χ1n) is 11.6. The van der Waals surface area contributed by atoms with E-state index in [0.29, 0.717) is 11.5 Å². The zero-order valence-electron chi connectivity index (χ0n) is 18.0. The van der Waals surface area contributed by atoms with Crippen molar-refractivity contribution in [3.63, 3.8) is 0 Å². The Balaban J connectivity index is 2.10. The largest absolute Gasteiger partial charge is 0.313 e. The maximum absolute atomic E-state index is 3.89. The fourth-order valence-electron chi connectivity index (χ4n) is 4.33. The van der Waals surface area contributed by atoms with E-state index < -0.39 is 0 Å². The van der Waals surface area contributed by atoms with Crippen LogP contribution < -0.4 is 5.32 Å². The highest BCUT2D eigenvalue weighted by molar-refractivity contribution is 4.91. The average Bonchev–Trinajstić information content (AvgIpc) is 2.58. The van der Waals surface area contributed by atoms with Crippen LogP contribution in [-0.4, -0.2) is 37.1 Å². The van der Waals surface area contributed by atoms with Crippen LogP contribution in [0, 0.1) is 5.41 Å². The second-order valence-electron chi connectivity index (χ2n) is 9.10. The van der Waals surface area contributed by atoms with E-state index in [4.69, 9.17) is 0 Å². The molecule has 0 aromatic carbocycles. The fraction of sp³-hybridized carbons (Fsp3) is 1.00. The minimum absolute atomic E-state index is 0.419. The van der Waals surface area contributed by atoms with Crippen molar-refractivity contribution < 1.29 is 0 Å². The Morgan fingerprint density at radius 3 is 1.96 bits per heavy atom. The van der Waals surface area contributed by atoms with E-state index >= 15 is 0 Å². The molecule has 0 bridgehead atoms. The summed E-state index contributed by atoms with van der Waals surface area (Å²) in [5.41, 5.74) is 0.419. The van der Waals surface area contributed by atoms with Crippen LogP contribution in [0.25, 0.3) is 0 Å². The first-order valence-corrected chi connectivity index (χ1v) is 11.6. The molecule has 0 aromatic rings. The van der Waals surface area contributed by atoms with Crippen molar-refractivity contribution in [3.8, 4) is 0 Å². The van der Waals surface area contributed by atoms with E-state index in [1.807, 2.05) is 0 Å². The summed E-state index contributed by atoms with van der Waals surface area (Å²) in [6.07, 6.45) is 18.2. The maximum atomic E-state index is 3.89. The van der Waals surface area contributed by atoms with Crippen molar-refractivity contribution in [2.45, 2.75) is 117 Å². The first-order chi connectivity index (χ1) is 12.1. The molecule has 1 rings (SSSR count). The van der Waals surface area contributed by atoms with Gasteiger partial charge in [0.25, 0.3) is 0 Å². The van der Waals surface area contributed by atoms with E-state index in [-0.39, 0.29) is 0 Å². The first kappa shape index (κ1) is 23.0. The Hall–Kier alpha value is -0.0800. The Morgan fingerprint density at radius 1 is 0.800 bits per heavy atom. The molecule has 1 aliphatic rings. The van der Waals surface area contributed by atoms with E-state index in [0.717, 1.165) is 0 Å². The Labute approximate surface area is 159 Å². The minimum atomic E-state index is 0.419. The predicted octanol–water partition coefficient (Wildman–Crippen LogP) is 6.40. The van der Waals surface area contributed by atoms with Crippen molar-refractivity contribution in [1.82, 2.24) is 10.2 Å². The number of nitrogens with one attached hydrogen (secondary N) is 1. The minimum Gasteiger partial charge on any atom is -0.313 e. The van der Waals surface area contributed by atoms with Crippen molar-refractivity contribution in [2.24, 2.45) is 5.41 Å². The number of unbranched alkanes of at least 4 members (excludes halogenated alkanes) is 10. The summed E-state index contributed by atoms with van der Waals surface area (Å²) in [5.74, 6) is 0. The van der Waals surface area contributed by atoms with Crippen LogP contribution in [0.15, 0.2) is 0 Å². The van der Waals surface area contributed by atoms with Gasteiger partial charge in [-0.2, -0.15) is 0 Å². The standard InChI is InChI=1S/C23H48N2/c1-5-7-9-11-13-15-18-24-22-17-20-25(21-23(22,3)4)19-16-14-12-10-8-6-2/h22,24H,5-21H2,1-4H3. The Morgan fingerprint density at radius 2 is 1.36 bits per heavy atom. The zero-order valence-corrected chi connectivity index (χ0v) is 18.0. The van der Waals surface area contributed by atoms with Gasteiger partial charge in [0, 0.05) is 12.6 Å². The quantitative estimate of drug-likeness (QED) is 0.343. The molecular weight excluding hydrogens is 304 g/mol. The second kappa shape index (κ2) is 14.0. The van der Waals surface area contributed by atoms with Gasteiger partial charge in [0.2, 0.25) is 0 Å². The van der Waals surface area contributed by atoms with Gasteiger partial charge in [-0.1, -0.05) is 91.9 Å². The van der Waals surface area contributed by atoms with Gasteiger partial charge in [0.15, 0.2) is 0 Å². The molecule has 1 unspecified atom stereocenters. The lowest BCUT2D eigenvalue weighted by atomic mass is 9.79. The second-order valence-corrected chi connectivity index (χ2v) is 9.10. The van der Waals surface area contributed by atoms with Gasteiger partial charge >= 0.3 is 0 Å². The molecule has 0 spiro atoms. The summed E-state index contributed by atoms with van der Waals surface area (Å²) in [5, 5.41) is 3.89. The third kappa shape index (κ3) is 10.6. The molecule has 1 atom stereocenters. The van der Waals surface area contributed by atoms with Crippen LogP contribution in [0.3, 0.4) is 0 Å². The summed E-state index contributed by atoms with van der Waals surface area (Å²) in [7, 11) is 0. The molecule has 25 heavy (non-hydrogen) atoms. The third-order valence-electron chi connectivity index (χ3n) is 6.06. The molecule has 1 saturated heterocycles. The van der Waals surface area contributed by atoms with Crippen LogP contribution >= 0.6 is 0 Å². The Bertz CT molecular complexity index is 300. The monoisotopic (exact) mass is 352 g/mol. The fourth-order valence-corrected chi connectivity index (χ4v) is 4.33. The summed E-state index contributed by atoms with van der Waals surface area (Å²) < 4.78 is 0. The lowest BCUT2D eigenvalue weighted by Gasteiger charge is -2.45. The van der Waals surface area contributed by atoms with E-state index in [1.54, 1.807) is 0 Å². The normalized spacial score (nSPS) is 20.9. The maximum Gasteiger partial charge on any atom is 0.0143 e. The van der Waals surface area contributed by atoms with Crippen LogP contribution in [-0.2, 0) is 0 Å². The highest BCUT2D eigenvalue weighted by Gasteiger charge is 2.34. The third-order valence-corrected chi connectivity index (χ3v) is 6.06. The number of hydrogen-bond donors (Lipinski definition) is 1. The molecule has 0 aliphatic carbocycles. The highest BCUT2D eigenvalue weighted by atomic mass is 15.2. The lowest BCUT2D eigenvalue weighted by Crippen LogP contribution is -2.54. The van der Waals surface area contributed by atoms with Gasteiger partial charge in [-0.15, -0.1) is 0 Å². The van der Waals surface area contributed by atoms with Gasteiger partial charge in [-0.05, 0) is 44.3 Å². The summed E-state index contributed by atoms with van der Waals surface area (Å²) in [6.45, 7) is 14.6. The smallest absolute Gasteiger partial charge is 0.0143 e. The number of likely N-dealkylation sites (tertiary alicyclic amines) is 1. The molecule has 0 amide bonds. The predicted molar refractivity (Wildman–Crippen MR) is 113 cm³/mol. The number of piperidine rings is 1. The molecule has 150 valence electrons. The van der Waals surface area contributed by atoms with Crippen LogP contribution in [0.1, 0.15) is 111 Å². The highest BCUT2D eigenvalue weighted by Crippen LogP contribution is 2.29. The van der Waals surface area contributed by atoms with Gasteiger partial charge in [-0.25, -0.2) is 0 Å². The van der Waals surface area contributed by atoms with Gasteiger partial charge in [0.1, 0.15) is 0 Å². The molecule has 0 radical (unpaired) electrons. The SMILES string of the molecule is CCCCCCCCNC1CCN(CCCCCCCC)CC1(C)C. The van der Waals surface area contributed by atoms with E-state index in [2.05, 4.69) is 37.9 Å². The molecule has 1 heterocycles. The van der Waals surface area contributed by atoms with Crippen molar-refractivity contribution in [3.05, 3.63) is 0 Å². The van der Waals surface area contributed by atoms with Crippen molar-refractivity contribution in [1.29, 1.82) is 0 Å². The molecule has 1 fully saturated rings. The van der Waals surface area contributed by atoms with Crippen molar-refractivity contribution in [2.75, 3.05) is 26.2 Å². The summed E-state index contributed by atoms with van der Waals surface area (Å²) >= 11 is 0. The summed E-state index contributed by atoms with van der Waals surface area (Å²) in [4.78, 5) is 2.72. The van der Waals surface area contributed by atoms with Crippen molar-refractivity contribution >= 4 is 0 Å². The van der Waals surface area contributed by atoms with Gasteiger partial charge < -0.3 is 10.2 Å². The molecule has 2 nitrogen and oxygen atoms in total. The molecule has 0 saturated carbocycles. The zero-order chi connectivity index (χ0) is 18.4. The van der Waals surface area contributed by atoms with Gasteiger partial charge in [0.05, 0.1) is 0 Å². The van der Waals surface area contributed by atoms with E-state index in [9.17, 15) is 0 Å². The van der Waals surface area contributed by atoms with Crippen LogP contribution in [0.5, 0.6) is 0 Å². The molecule has 0 aromatic heterocycles. The average molecular weight is 353 g/mol. The van der Waals surface area contributed by atoms with Gasteiger partial charge in [-0.3, -0.25) is 0 Å². The number of rotatable bonds is 15. The van der Waals surface area contributed by atoms with Crippen LogP contribution in [0.4, 0.5) is 0 Å².